The Morgan fingerprint density at radius 3 is 2.88 bits per heavy atom. The second-order valence-corrected chi connectivity index (χ2v) is 3.97. The van der Waals surface area contributed by atoms with E-state index in [1.165, 1.54) is 11.4 Å². The lowest BCUT2D eigenvalue weighted by Crippen LogP contribution is -2.35. The Hall–Kier alpha value is -1.83. The molecule has 0 aliphatic carbocycles. The quantitative estimate of drug-likeness (QED) is 0.720. The van der Waals surface area contributed by atoms with E-state index >= 15 is 0 Å². The van der Waals surface area contributed by atoms with Crippen molar-refractivity contribution in [2.45, 2.75) is 20.4 Å². The maximum absolute atomic E-state index is 2.24. The highest BCUT2D eigenvalue weighted by Gasteiger charge is 2.09. The van der Waals surface area contributed by atoms with Gasteiger partial charge >= 0.3 is 0 Å². The number of hydrogen-bond acceptors (Lipinski definition) is 1. The zero-order valence-electron chi connectivity index (χ0n) is 10.5. The lowest BCUT2D eigenvalue weighted by molar-refractivity contribution is -0.695. The third kappa shape index (κ3) is 2.64. The molecule has 2 rings (SSSR count). The van der Waals surface area contributed by atoms with E-state index in [9.17, 15) is 0 Å². The lowest BCUT2D eigenvalue weighted by atomic mass is 10.2. The molecule has 0 saturated carbocycles. The summed E-state index contributed by atoms with van der Waals surface area (Å²) in [6.45, 7) is 6.31. The average Bonchev–Trinajstić information content (AvgIpc) is 2.40. The van der Waals surface area contributed by atoms with Crippen LogP contribution in [0, 0.1) is 0 Å². The molecule has 2 nitrogen and oxygen atoms in total. The predicted octanol–water partition coefficient (Wildman–Crippen LogP) is 2.74. The van der Waals surface area contributed by atoms with Crippen LogP contribution in [0.2, 0.25) is 0 Å². The molecule has 0 atom stereocenters. The molecule has 0 amide bonds. The van der Waals surface area contributed by atoms with Crippen LogP contribution in [-0.4, -0.2) is 11.4 Å². The van der Waals surface area contributed by atoms with E-state index in [0.29, 0.717) is 0 Å². The van der Waals surface area contributed by atoms with Gasteiger partial charge in [0.05, 0.1) is 0 Å². The summed E-state index contributed by atoms with van der Waals surface area (Å²) >= 11 is 0. The SMILES string of the molecule is CCN1C=CC=C/C1=C\c1cccc[n+]1CC. The highest BCUT2D eigenvalue weighted by molar-refractivity contribution is 5.51. The molecule has 1 aromatic heterocycles. The van der Waals surface area contributed by atoms with E-state index in [1.54, 1.807) is 0 Å². The molecular formula is C15H19N2+. The van der Waals surface area contributed by atoms with E-state index in [2.05, 4.69) is 78.2 Å². The van der Waals surface area contributed by atoms with Crippen molar-refractivity contribution in [1.29, 1.82) is 0 Å². The van der Waals surface area contributed by atoms with Gasteiger partial charge in [-0.2, -0.15) is 4.57 Å². The van der Waals surface area contributed by atoms with Crippen LogP contribution in [0.3, 0.4) is 0 Å². The van der Waals surface area contributed by atoms with Crippen molar-refractivity contribution in [3.05, 3.63) is 60.2 Å². The molecule has 88 valence electrons. The maximum atomic E-state index is 2.24. The molecule has 0 radical (unpaired) electrons. The van der Waals surface area contributed by atoms with E-state index in [0.717, 1.165) is 13.1 Å². The van der Waals surface area contributed by atoms with Crippen LogP contribution in [0.25, 0.3) is 6.08 Å². The van der Waals surface area contributed by atoms with Crippen molar-refractivity contribution in [3.8, 4) is 0 Å². The van der Waals surface area contributed by atoms with Gasteiger partial charge in [-0.1, -0.05) is 6.08 Å². The molecule has 17 heavy (non-hydrogen) atoms. The zero-order valence-corrected chi connectivity index (χ0v) is 10.5. The molecule has 0 unspecified atom stereocenters. The largest absolute Gasteiger partial charge is 0.348 e. The Morgan fingerprint density at radius 1 is 1.24 bits per heavy atom. The van der Waals surface area contributed by atoms with E-state index in [-0.39, 0.29) is 0 Å². The van der Waals surface area contributed by atoms with Crippen molar-refractivity contribution in [1.82, 2.24) is 4.90 Å². The summed E-state index contributed by atoms with van der Waals surface area (Å²) in [5.41, 5.74) is 2.48. The van der Waals surface area contributed by atoms with Crippen LogP contribution in [-0.2, 0) is 6.54 Å². The number of aromatic nitrogens is 1. The fourth-order valence-electron chi connectivity index (χ4n) is 1.97. The Bertz CT molecular complexity index is 470. The summed E-state index contributed by atoms with van der Waals surface area (Å²) in [5, 5.41) is 0. The molecule has 2 heteroatoms. The van der Waals surface area contributed by atoms with Gasteiger partial charge in [-0.25, -0.2) is 0 Å². The fourth-order valence-corrected chi connectivity index (χ4v) is 1.97. The smallest absolute Gasteiger partial charge is 0.207 e. The summed E-state index contributed by atoms with van der Waals surface area (Å²) < 4.78 is 2.24. The van der Waals surface area contributed by atoms with E-state index in [1.807, 2.05) is 0 Å². The van der Waals surface area contributed by atoms with Crippen LogP contribution >= 0.6 is 0 Å². The molecule has 1 aromatic rings. The highest BCUT2D eigenvalue weighted by Crippen LogP contribution is 2.14. The summed E-state index contributed by atoms with van der Waals surface area (Å²) in [5.74, 6) is 0. The summed E-state index contributed by atoms with van der Waals surface area (Å²) in [6.07, 6.45) is 12.8. The van der Waals surface area contributed by atoms with Crippen molar-refractivity contribution >= 4 is 6.08 Å². The number of likely N-dealkylation sites (N-methyl/N-ethyl adjacent to an activating group) is 1. The third-order valence-corrected chi connectivity index (χ3v) is 2.93. The molecule has 0 N–H and O–H groups in total. The molecule has 1 aliphatic heterocycles. The molecule has 1 aliphatic rings. The first-order valence-electron chi connectivity index (χ1n) is 6.16. The monoisotopic (exact) mass is 227 g/mol. The highest BCUT2D eigenvalue weighted by atomic mass is 15.1. The van der Waals surface area contributed by atoms with Gasteiger partial charge in [0.15, 0.2) is 6.20 Å². The number of nitrogens with zero attached hydrogens (tertiary/aromatic N) is 2. The van der Waals surface area contributed by atoms with Gasteiger partial charge in [-0.3, -0.25) is 0 Å². The van der Waals surface area contributed by atoms with Crippen LogP contribution in [0.15, 0.2) is 54.5 Å². The van der Waals surface area contributed by atoms with Crippen LogP contribution in [0.1, 0.15) is 19.5 Å². The van der Waals surface area contributed by atoms with Gasteiger partial charge < -0.3 is 4.90 Å². The van der Waals surface area contributed by atoms with Crippen molar-refractivity contribution < 1.29 is 4.57 Å². The molecular weight excluding hydrogens is 208 g/mol. The molecule has 2 heterocycles. The topological polar surface area (TPSA) is 7.12 Å². The minimum atomic E-state index is 0.992. The molecule has 0 bridgehead atoms. The lowest BCUT2D eigenvalue weighted by Gasteiger charge is -2.21. The van der Waals surface area contributed by atoms with Crippen molar-refractivity contribution in [2.75, 3.05) is 6.54 Å². The zero-order chi connectivity index (χ0) is 12.1. The first-order chi connectivity index (χ1) is 8.35. The number of rotatable bonds is 3. The van der Waals surface area contributed by atoms with Gasteiger partial charge in [0.2, 0.25) is 5.69 Å². The molecule has 0 fully saturated rings. The number of hydrogen-bond donors (Lipinski definition) is 0. The van der Waals surface area contributed by atoms with Crippen LogP contribution in [0.5, 0.6) is 0 Å². The molecule has 0 saturated heterocycles. The first-order valence-corrected chi connectivity index (χ1v) is 6.16. The molecule has 0 aromatic carbocycles. The standard InChI is InChI=1S/C15H19N2/c1-3-16-11-7-5-9-14(16)13-15-10-6-8-12-17(15)4-2/h5-13H,3-4H2,1-2H3/q+1. The van der Waals surface area contributed by atoms with Gasteiger partial charge in [-0.05, 0) is 32.1 Å². The fraction of sp³-hybridized carbons (Fsp3) is 0.267. The Labute approximate surface area is 103 Å². The summed E-state index contributed by atoms with van der Waals surface area (Å²) in [7, 11) is 0. The first kappa shape index (κ1) is 11.6. The number of aryl methyl sites for hydroxylation is 1. The maximum Gasteiger partial charge on any atom is 0.207 e. The van der Waals surface area contributed by atoms with Crippen molar-refractivity contribution in [3.63, 3.8) is 0 Å². The Kier molecular flexibility index (Phi) is 3.76. The number of allylic oxidation sites excluding steroid dienone is 3. The number of pyridine rings is 1. The van der Waals surface area contributed by atoms with E-state index < -0.39 is 0 Å². The summed E-state index contributed by atoms with van der Waals surface area (Å²) in [6, 6.07) is 6.30. The summed E-state index contributed by atoms with van der Waals surface area (Å²) in [4.78, 5) is 2.24. The van der Waals surface area contributed by atoms with Crippen LogP contribution in [0.4, 0.5) is 0 Å². The predicted molar refractivity (Wildman–Crippen MR) is 70.9 cm³/mol. The van der Waals surface area contributed by atoms with Gasteiger partial charge in [-0.15, -0.1) is 0 Å². The third-order valence-electron chi connectivity index (χ3n) is 2.93. The van der Waals surface area contributed by atoms with Gasteiger partial charge in [0.1, 0.15) is 6.54 Å². The Morgan fingerprint density at radius 2 is 2.12 bits per heavy atom. The van der Waals surface area contributed by atoms with Gasteiger partial charge in [0, 0.05) is 36.7 Å². The second-order valence-electron chi connectivity index (χ2n) is 3.97. The minimum Gasteiger partial charge on any atom is -0.348 e. The second kappa shape index (κ2) is 5.48. The molecule has 0 spiro atoms. The van der Waals surface area contributed by atoms with Gasteiger partial charge in [0.25, 0.3) is 0 Å². The van der Waals surface area contributed by atoms with E-state index in [4.69, 9.17) is 0 Å². The van der Waals surface area contributed by atoms with Crippen LogP contribution < -0.4 is 4.57 Å². The Balaban J connectivity index is 2.35. The normalized spacial score (nSPS) is 16.8. The van der Waals surface area contributed by atoms with Crippen molar-refractivity contribution in [2.24, 2.45) is 0 Å². The average molecular weight is 227 g/mol. The minimum absolute atomic E-state index is 0.992.